The zero-order chi connectivity index (χ0) is 22.3. The molecule has 0 heterocycles. The van der Waals surface area contributed by atoms with Crippen LogP contribution in [0.4, 0.5) is 0 Å². The van der Waals surface area contributed by atoms with E-state index in [1.165, 1.54) is 0 Å². The molecule has 0 N–H and O–H groups in total. The van der Waals surface area contributed by atoms with Gasteiger partial charge in [-0.1, -0.05) is 116 Å². The second-order valence-electron chi connectivity index (χ2n) is 10.2. The summed E-state index contributed by atoms with van der Waals surface area (Å²) in [6.45, 7) is 21.1. The van der Waals surface area contributed by atoms with E-state index in [0.717, 1.165) is 33.4 Å². The molecule has 31 heavy (non-hydrogen) atoms. The van der Waals surface area contributed by atoms with E-state index < -0.39 is 0 Å². The molecular weight excluding hydrogens is 402 g/mol. The Morgan fingerprint density at radius 1 is 0.516 bits per heavy atom. The van der Waals surface area contributed by atoms with Crippen molar-refractivity contribution in [3.8, 4) is 11.5 Å². The molecule has 2 aromatic carbocycles. The van der Waals surface area contributed by atoms with Crippen molar-refractivity contribution in [3.05, 3.63) is 57.6 Å². The van der Waals surface area contributed by atoms with Gasteiger partial charge in [-0.2, -0.15) is 0 Å². The minimum absolute atomic E-state index is 0. The number of rotatable bonds is 6. The van der Waals surface area contributed by atoms with E-state index in [0.29, 0.717) is 0 Å². The molecule has 0 bridgehead atoms. The van der Waals surface area contributed by atoms with Gasteiger partial charge in [0.15, 0.2) is 0 Å². The summed E-state index contributed by atoms with van der Waals surface area (Å²) in [5, 5.41) is 25.9. The molecule has 0 saturated heterocycles. The van der Waals surface area contributed by atoms with Gasteiger partial charge < -0.3 is 10.2 Å². The molecule has 2 nitrogen and oxygen atoms in total. The van der Waals surface area contributed by atoms with E-state index in [1.807, 2.05) is 0 Å². The van der Waals surface area contributed by atoms with Crippen LogP contribution in [-0.4, -0.2) is 0 Å². The van der Waals surface area contributed by atoms with Gasteiger partial charge >= 0.3 is 59.1 Å². The Bertz CT molecular complexity index is 751. The molecule has 0 aliphatic heterocycles. The van der Waals surface area contributed by atoms with E-state index in [9.17, 15) is 10.2 Å². The summed E-state index contributed by atoms with van der Waals surface area (Å²) in [6.07, 6.45) is 0. The molecule has 0 fully saturated rings. The molecule has 0 amide bonds. The van der Waals surface area contributed by atoms with E-state index in [1.54, 1.807) is 0 Å². The van der Waals surface area contributed by atoms with Gasteiger partial charge in [0.05, 0.1) is 0 Å². The van der Waals surface area contributed by atoms with Crippen LogP contribution in [0.5, 0.6) is 11.5 Å². The summed E-state index contributed by atoms with van der Waals surface area (Å²) in [4.78, 5) is 0. The van der Waals surface area contributed by atoms with Gasteiger partial charge in [-0.05, 0) is 34.8 Å². The fourth-order valence-electron chi connectivity index (χ4n) is 3.95. The van der Waals surface area contributed by atoms with Crippen molar-refractivity contribution < 1.29 is 69.3 Å². The standard InChI is InChI=1S/C27H40O2.2Na/c1-15(2)21-11-19(12-22(16(3)4)25(21)28)27(9,10)20-13-23(17(5)6)26(29)24(14-20)18(7)8;;/h11-18,28-29H,1-10H3;;/q;2*+1/p-2. The second-order valence-corrected chi connectivity index (χ2v) is 10.2. The van der Waals surface area contributed by atoms with Crippen LogP contribution in [0.25, 0.3) is 0 Å². The number of hydrogen-bond donors (Lipinski definition) is 0. The fraction of sp³-hybridized carbons (Fsp3) is 0.556. The van der Waals surface area contributed by atoms with Crippen molar-refractivity contribution in [3.63, 3.8) is 0 Å². The largest absolute Gasteiger partial charge is 1.00 e. The zero-order valence-corrected chi connectivity index (χ0v) is 25.9. The Hall–Kier alpha value is 0.0400. The predicted molar refractivity (Wildman–Crippen MR) is 120 cm³/mol. The van der Waals surface area contributed by atoms with Crippen LogP contribution in [0.1, 0.15) is 126 Å². The number of hydrogen-bond acceptors (Lipinski definition) is 2. The quantitative estimate of drug-likeness (QED) is 0.620. The van der Waals surface area contributed by atoms with Crippen LogP contribution in [-0.2, 0) is 5.41 Å². The first kappa shape index (κ1) is 31.0. The Kier molecular flexibility index (Phi) is 12.0. The molecular formula is C27H38Na2O2. The third-order valence-electron chi connectivity index (χ3n) is 6.22. The van der Waals surface area contributed by atoms with Crippen molar-refractivity contribution in [1.29, 1.82) is 0 Å². The first-order valence-corrected chi connectivity index (χ1v) is 11.0. The van der Waals surface area contributed by atoms with E-state index in [2.05, 4.69) is 93.5 Å². The molecule has 2 aromatic rings. The summed E-state index contributed by atoms with van der Waals surface area (Å²) in [5.41, 5.74) is 5.52. The van der Waals surface area contributed by atoms with Gasteiger partial charge in [-0.25, -0.2) is 0 Å². The molecule has 160 valence electrons. The summed E-state index contributed by atoms with van der Waals surface area (Å²) in [7, 11) is 0. The minimum atomic E-state index is -0.304. The van der Waals surface area contributed by atoms with Crippen LogP contribution in [0, 0.1) is 0 Å². The van der Waals surface area contributed by atoms with Crippen LogP contribution < -0.4 is 69.3 Å². The van der Waals surface area contributed by atoms with E-state index in [4.69, 9.17) is 0 Å². The second kappa shape index (κ2) is 12.0. The summed E-state index contributed by atoms with van der Waals surface area (Å²) in [5.74, 6) is 1.06. The maximum absolute atomic E-state index is 13.0. The monoisotopic (exact) mass is 440 g/mol. The zero-order valence-electron chi connectivity index (χ0n) is 21.9. The van der Waals surface area contributed by atoms with Crippen LogP contribution in [0.2, 0.25) is 0 Å². The summed E-state index contributed by atoms with van der Waals surface area (Å²) in [6, 6.07) is 8.37. The van der Waals surface area contributed by atoms with Gasteiger partial charge in [0.1, 0.15) is 0 Å². The molecule has 0 unspecified atom stereocenters. The molecule has 0 spiro atoms. The molecule has 0 saturated carbocycles. The average molecular weight is 441 g/mol. The van der Waals surface area contributed by atoms with Gasteiger partial charge in [-0.3, -0.25) is 0 Å². The first-order chi connectivity index (χ1) is 13.3. The average Bonchev–Trinajstić information content (AvgIpc) is 2.60. The van der Waals surface area contributed by atoms with Crippen molar-refractivity contribution in [1.82, 2.24) is 0 Å². The van der Waals surface area contributed by atoms with E-state index >= 15 is 0 Å². The van der Waals surface area contributed by atoms with E-state index in [-0.39, 0.29) is 99.7 Å². The van der Waals surface area contributed by atoms with Gasteiger partial charge in [0, 0.05) is 5.41 Å². The van der Waals surface area contributed by atoms with Gasteiger partial charge in [0.25, 0.3) is 0 Å². The summed E-state index contributed by atoms with van der Waals surface area (Å²) < 4.78 is 0. The minimum Gasteiger partial charge on any atom is -0.872 e. The van der Waals surface area contributed by atoms with Crippen molar-refractivity contribution in [2.45, 2.75) is 98.3 Å². The molecule has 0 aliphatic carbocycles. The Labute approximate surface area is 234 Å². The molecule has 2 rings (SSSR count). The maximum Gasteiger partial charge on any atom is 1.00 e. The SMILES string of the molecule is CC(C)c1cc(C(C)(C)c2cc(C(C)C)c([O-])c(C(C)C)c2)cc(C(C)C)c1[O-].[Na+].[Na+]. The topological polar surface area (TPSA) is 46.1 Å². The first-order valence-electron chi connectivity index (χ1n) is 11.0. The Morgan fingerprint density at radius 3 is 0.871 bits per heavy atom. The maximum atomic E-state index is 13.0. The van der Waals surface area contributed by atoms with Crippen LogP contribution in [0.3, 0.4) is 0 Å². The van der Waals surface area contributed by atoms with Crippen molar-refractivity contribution in [2.24, 2.45) is 0 Å². The van der Waals surface area contributed by atoms with Crippen LogP contribution in [0.15, 0.2) is 24.3 Å². The summed E-state index contributed by atoms with van der Waals surface area (Å²) >= 11 is 0. The normalized spacial score (nSPS) is 11.8. The third kappa shape index (κ3) is 6.55. The Morgan fingerprint density at radius 2 is 0.710 bits per heavy atom. The Balaban J connectivity index is 0.00000450. The van der Waals surface area contributed by atoms with Crippen molar-refractivity contribution >= 4 is 0 Å². The van der Waals surface area contributed by atoms with Crippen molar-refractivity contribution in [2.75, 3.05) is 0 Å². The molecule has 0 aliphatic rings. The predicted octanol–water partition coefficient (Wildman–Crippen LogP) is 0.661. The third-order valence-corrected chi connectivity index (χ3v) is 6.22. The van der Waals surface area contributed by atoms with Gasteiger partial charge in [0.2, 0.25) is 0 Å². The fourth-order valence-corrected chi connectivity index (χ4v) is 3.95. The van der Waals surface area contributed by atoms with Crippen LogP contribution >= 0.6 is 0 Å². The smallest absolute Gasteiger partial charge is 0.872 e. The molecule has 0 radical (unpaired) electrons. The molecule has 0 aromatic heterocycles. The molecule has 0 atom stereocenters. The number of benzene rings is 2. The molecule has 4 heteroatoms. The van der Waals surface area contributed by atoms with Gasteiger partial charge in [-0.15, -0.1) is 11.5 Å².